The van der Waals surface area contributed by atoms with Crippen LogP contribution in [0, 0.1) is 6.92 Å². The maximum atomic E-state index is 7.50. The van der Waals surface area contributed by atoms with E-state index in [0.29, 0.717) is 11.7 Å². The molecule has 6 rings (SSSR count). The fourth-order valence-corrected chi connectivity index (χ4v) is 10.8. The SMILES string of the molecule is Cc1noc(-c2ccccc2)c1CSC[C@H]1O[C@@H](n2cc(C3CCCCC3)c3c(N)ncnc32)[C@H](O[Si](C)(C)C(C)(C)C)[C@@H]1O[Si](C)(C)C(C)(C)C. The standard InChI is InChI=1S/C40H61N5O4SSi2/c1-26-30(33(47-44-26)28-20-16-13-17-21-28)23-50-24-31-34(48-51(8,9)39(2,3)4)35(49-52(10,11)40(5,6)7)38(46-31)45-22-29(27-18-14-12-15-19-27)32-36(41)42-25-43-37(32)45/h13,16-17,20-22,25,27,31,34-35,38H,12,14-15,18-19,23-24H2,1-11H3,(H2,41,42,43)/t31-,34-,35-,38-/m1/s1. The molecule has 9 nitrogen and oxygen atoms in total. The van der Waals surface area contributed by atoms with E-state index < -0.39 is 22.9 Å². The van der Waals surface area contributed by atoms with Crippen molar-refractivity contribution in [2.24, 2.45) is 0 Å². The summed E-state index contributed by atoms with van der Waals surface area (Å²) >= 11 is 1.84. The Morgan fingerprint density at radius 1 is 0.904 bits per heavy atom. The van der Waals surface area contributed by atoms with Crippen molar-refractivity contribution >= 4 is 45.2 Å². The number of aryl methyl sites for hydroxylation is 1. The first-order chi connectivity index (χ1) is 24.4. The molecule has 0 bridgehead atoms. The number of thioether (sulfide) groups is 1. The third-order valence-corrected chi connectivity index (χ3v) is 22.3. The van der Waals surface area contributed by atoms with Crippen molar-refractivity contribution in [3.63, 3.8) is 0 Å². The first kappa shape index (κ1) is 39.2. The third-order valence-electron chi connectivity index (χ3n) is 12.3. The van der Waals surface area contributed by atoms with Crippen LogP contribution in [0.5, 0.6) is 0 Å². The summed E-state index contributed by atoms with van der Waals surface area (Å²) in [5, 5.41) is 5.31. The van der Waals surface area contributed by atoms with Crippen molar-refractivity contribution in [1.82, 2.24) is 19.7 Å². The predicted molar refractivity (Wildman–Crippen MR) is 219 cm³/mol. The van der Waals surface area contributed by atoms with E-state index in [9.17, 15) is 0 Å². The highest BCUT2D eigenvalue weighted by Gasteiger charge is 2.54. The second-order valence-corrected chi connectivity index (χ2v) is 28.5. The lowest BCUT2D eigenvalue weighted by atomic mass is 9.84. The maximum absolute atomic E-state index is 7.50. The van der Waals surface area contributed by atoms with Gasteiger partial charge in [-0.25, -0.2) is 9.97 Å². The number of nitrogen functional groups attached to an aromatic ring is 1. The number of anilines is 1. The first-order valence-electron chi connectivity index (χ1n) is 19.1. The molecule has 3 aromatic heterocycles. The predicted octanol–water partition coefficient (Wildman–Crippen LogP) is 10.6. The van der Waals surface area contributed by atoms with Gasteiger partial charge in [0.2, 0.25) is 0 Å². The van der Waals surface area contributed by atoms with E-state index in [1.165, 1.54) is 24.8 Å². The summed E-state index contributed by atoms with van der Waals surface area (Å²) < 4.78 is 30.3. The van der Waals surface area contributed by atoms with Crippen LogP contribution in [0.4, 0.5) is 5.82 Å². The van der Waals surface area contributed by atoms with Gasteiger partial charge in [-0.1, -0.05) is 96.3 Å². The lowest BCUT2D eigenvalue weighted by Gasteiger charge is -2.44. The van der Waals surface area contributed by atoms with E-state index in [1.807, 2.05) is 36.9 Å². The molecular formula is C40H61N5O4SSi2. The van der Waals surface area contributed by atoms with Crippen LogP contribution in [0.3, 0.4) is 0 Å². The molecule has 1 saturated carbocycles. The Hall–Kier alpha value is -2.49. The van der Waals surface area contributed by atoms with Gasteiger partial charge >= 0.3 is 0 Å². The third kappa shape index (κ3) is 7.84. The fourth-order valence-electron chi connectivity index (χ4n) is 7.07. The molecule has 0 unspecified atom stereocenters. The second kappa shape index (κ2) is 15.0. The smallest absolute Gasteiger partial charge is 0.192 e. The van der Waals surface area contributed by atoms with Crippen molar-refractivity contribution in [3.05, 3.63) is 59.7 Å². The molecule has 1 aliphatic carbocycles. The molecule has 2 fully saturated rings. The first-order valence-corrected chi connectivity index (χ1v) is 26.1. The topological polar surface area (TPSA) is 110 Å². The number of hydrogen-bond acceptors (Lipinski definition) is 9. The van der Waals surface area contributed by atoms with Crippen molar-refractivity contribution in [2.75, 3.05) is 11.5 Å². The summed E-state index contributed by atoms with van der Waals surface area (Å²) in [7, 11) is -4.59. The lowest BCUT2D eigenvalue weighted by Crippen LogP contribution is -2.53. The molecule has 52 heavy (non-hydrogen) atoms. The van der Waals surface area contributed by atoms with E-state index in [4.69, 9.17) is 28.8 Å². The van der Waals surface area contributed by atoms with E-state index in [1.54, 1.807) is 6.33 Å². The van der Waals surface area contributed by atoms with Crippen LogP contribution < -0.4 is 5.73 Å². The quantitative estimate of drug-likeness (QED) is 0.149. The van der Waals surface area contributed by atoms with Gasteiger partial charge in [0, 0.05) is 28.8 Å². The zero-order valence-electron chi connectivity index (χ0n) is 33.3. The highest BCUT2D eigenvalue weighted by Crippen LogP contribution is 2.48. The summed E-state index contributed by atoms with van der Waals surface area (Å²) in [6, 6.07) is 10.2. The average Bonchev–Trinajstić information content (AvgIpc) is 3.75. The van der Waals surface area contributed by atoms with Gasteiger partial charge in [-0.15, -0.1) is 0 Å². The van der Waals surface area contributed by atoms with Gasteiger partial charge in [-0.05, 0) is 67.5 Å². The highest BCUT2D eigenvalue weighted by atomic mass is 32.2. The fraction of sp³-hybridized carbons (Fsp3) is 0.625. The van der Waals surface area contributed by atoms with Crippen LogP contribution in [-0.2, 0) is 19.3 Å². The van der Waals surface area contributed by atoms with Crippen LogP contribution in [0.2, 0.25) is 36.3 Å². The molecule has 12 heteroatoms. The Kier molecular flexibility index (Phi) is 11.3. The molecular weight excluding hydrogens is 703 g/mol. The monoisotopic (exact) mass is 763 g/mol. The molecule has 1 saturated heterocycles. The van der Waals surface area contributed by atoms with Crippen LogP contribution in [-0.4, -0.2) is 60.4 Å². The number of rotatable bonds is 11. The van der Waals surface area contributed by atoms with Crippen LogP contribution in [0.15, 0.2) is 47.4 Å². The van der Waals surface area contributed by atoms with Crippen LogP contribution >= 0.6 is 11.8 Å². The van der Waals surface area contributed by atoms with Crippen LogP contribution in [0.1, 0.15) is 103 Å². The number of fused-ring (bicyclic) bond motifs is 1. The zero-order chi connectivity index (χ0) is 37.6. The molecule has 2 N–H and O–H groups in total. The molecule has 4 atom stereocenters. The largest absolute Gasteiger partial charge is 0.408 e. The number of nitrogens with zero attached hydrogens (tertiary/aromatic N) is 4. The number of aromatic nitrogens is 4. The van der Waals surface area contributed by atoms with Crippen molar-refractivity contribution < 1.29 is 18.1 Å². The Labute approximate surface area is 317 Å². The minimum atomic E-state index is -2.31. The van der Waals surface area contributed by atoms with E-state index in [-0.39, 0.29) is 28.4 Å². The van der Waals surface area contributed by atoms with Crippen molar-refractivity contribution in [2.45, 2.75) is 153 Å². The molecule has 2 aliphatic rings. The Bertz CT molecular complexity index is 1820. The van der Waals surface area contributed by atoms with E-state index >= 15 is 0 Å². The molecule has 0 spiro atoms. The van der Waals surface area contributed by atoms with Gasteiger partial charge in [0.15, 0.2) is 28.6 Å². The van der Waals surface area contributed by atoms with Gasteiger partial charge < -0.3 is 28.4 Å². The van der Waals surface area contributed by atoms with Crippen molar-refractivity contribution in [3.8, 4) is 11.3 Å². The average molecular weight is 764 g/mol. The van der Waals surface area contributed by atoms with Gasteiger partial charge in [-0.2, -0.15) is 11.8 Å². The van der Waals surface area contributed by atoms with Gasteiger partial charge in [0.25, 0.3) is 0 Å². The van der Waals surface area contributed by atoms with E-state index in [0.717, 1.165) is 58.0 Å². The van der Waals surface area contributed by atoms with Gasteiger partial charge in [-0.3, -0.25) is 0 Å². The molecule has 1 aromatic carbocycles. The summed E-state index contributed by atoms with van der Waals surface area (Å²) in [6.07, 6.45) is 8.58. The summed E-state index contributed by atoms with van der Waals surface area (Å²) in [5.41, 5.74) is 11.8. The molecule has 0 radical (unpaired) electrons. The molecule has 4 heterocycles. The summed E-state index contributed by atoms with van der Waals surface area (Å²) in [4.78, 5) is 9.36. The summed E-state index contributed by atoms with van der Waals surface area (Å²) in [6.45, 7) is 25.1. The Morgan fingerprint density at radius 3 is 2.17 bits per heavy atom. The minimum Gasteiger partial charge on any atom is -0.408 e. The van der Waals surface area contributed by atoms with Crippen LogP contribution in [0.25, 0.3) is 22.4 Å². The second-order valence-electron chi connectivity index (χ2n) is 18.0. The molecule has 0 amide bonds. The highest BCUT2D eigenvalue weighted by molar-refractivity contribution is 7.98. The minimum absolute atomic E-state index is 0.00440. The van der Waals surface area contributed by atoms with Gasteiger partial charge in [0.05, 0.1) is 17.2 Å². The maximum Gasteiger partial charge on any atom is 0.192 e. The zero-order valence-corrected chi connectivity index (χ0v) is 36.1. The summed E-state index contributed by atoms with van der Waals surface area (Å²) in [5.74, 6) is 3.24. The normalized spacial score (nSPS) is 22.4. The Balaban J connectivity index is 1.41. The number of nitrogens with two attached hydrogens (primary N) is 1. The van der Waals surface area contributed by atoms with Crippen molar-refractivity contribution in [1.29, 1.82) is 0 Å². The number of hydrogen-bond donors (Lipinski definition) is 1. The molecule has 284 valence electrons. The van der Waals surface area contributed by atoms with E-state index in [2.05, 4.69) is 101 Å². The lowest BCUT2D eigenvalue weighted by molar-refractivity contribution is -0.0245. The Morgan fingerprint density at radius 2 is 1.54 bits per heavy atom. The number of ether oxygens (including phenoxy) is 1. The molecule has 4 aromatic rings. The van der Waals surface area contributed by atoms with Gasteiger partial charge in [0.1, 0.15) is 30.0 Å². The molecule has 1 aliphatic heterocycles. The number of benzene rings is 1.